The minimum Gasteiger partial charge on any atom is -0.459 e. The third-order valence-corrected chi connectivity index (χ3v) is 9.07. The van der Waals surface area contributed by atoms with E-state index < -0.39 is 18.1 Å². The van der Waals surface area contributed by atoms with E-state index >= 15 is 0 Å². The maximum atomic E-state index is 13.0. The van der Waals surface area contributed by atoms with Gasteiger partial charge in [-0.3, -0.25) is 0 Å². The Morgan fingerprint density at radius 3 is 2.37 bits per heavy atom. The van der Waals surface area contributed by atoms with Crippen LogP contribution in [0.3, 0.4) is 0 Å². The van der Waals surface area contributed by atoms with Gasteiger partial charge in [-0.25, -0.2) is 14.6 Å². The fourth-order valence-electron chi connectivity index (χ4n) is 6.84. The second-order valence-electron chi connectivity index (χ2n) is 12.5. The number of pyridine rings is 1. The first-order chi connectivity index (χ1) is 21.0. The molecule has 43 heavy (non-hydrogen) atoms. The number of fused-ring (bicyclic) bond motifs is 1. The lowest BCUT2D eigenvalue weighted by Gasteiger charge is -2.59. The van der Waals surface area contributed by atoms with Crippen molar-refractivity contribution < 1.29 is 19.1 Å². The SMILES string of the molecule is O=C(N[C@@H](CCN1CC2(CC(CCc3ccc4c(n3)NCCC4)C2)C1)C(=O)OCc1ccccc1)OCc1ccccc1. The first-order valence-electron chi connectivity index (χ1n) is 15.7. The van der Waals surface area contributed by atoms with Crippen molar-refractivity contribution in [1.82, 2.24) is 15.2 Å². The number of carbonyl (C=O) groups excluding carboxylic acids is 2. The molecule has 2 aromatic carbocycles. The first-order valence-corrected chi connectivity index (χ1v) is 15.7. The summed E-state index contributed by atoms with van der Waals surface area (Å²) in [6.45, 7) is 4.16. The zero-order chi connectivity index (χ0) is 29.5. The van der Waals surface area contributed by atoms with E-state index in [4.69, 9.17) is 14.5 Å². The monoisotopic (exact) mass is 582 g/mol. The number of anilines is 1. The molecular weight excluding hydrogens is 540 g/mol. The highest BCUT2D eigenvalue weighted by molar-refractivity contribution is 5.81. The van der Waals surface area contributed by atoms with Crippen LogP contribution in [0.2, 0.25) is 0 Å². The second-order valence-corrected chi connectivity index (χ2v) is 12.5. The minimum absolute atomic E-state index is 0.147. The Kier molecular flexibility index (Phi) is 9.22. The molecule has 8 nitrogen and oxygen atoms in total. The Bertz CT molecular complexity index is 1370. The maximum Gasteiger partial charge on any atom is 0.408 e. The van der Waals surface area contributed by atoms with Crippen LogP contribution in [-0.2, 0) is 40.3 Å². The summed E-state index contributed by atoms with van der Waals surface area (Å²) in [6, 6.07) is 22.8. The van der Waals surface area contributed by atoms with Gasteiger partial charge < -0.3 is 25.0 Å². The van der Waals surface area contributed by atoms with Crippen LogP contribution in [0.1, 0.15) is 54.5 Å². The topological polar surface area (TPSA) is 92.8 Å². The van der Waals surface area contributed by atoms with Gasteiger partial charge in [0.2, 0.25) is 0 Å². The molecule has 8 heteroatoms. The van der Waals surface area contributed by atoms with Crippen LogP contribution in [0.4, 0.5) is 10.6 Å². The number of nitrogens with one attached hydrogen (secondary N) is 2. The van der Waals surface area contributed by atoms with Gasteiger partial charge in [0.25, 0.3) is 0 Å². The lowest BCUT2D eigenvalue weighted by molar-refractivity contribution is -0.148. The number of carbonyl (C=O) groups is 2. The molecule has 2 N–H and O–H groups in total. The number of nitrogens with zero attached hydrogens (tertiary/aromatic N) is 2. The van der Waals surface area contributed by atoms with Gasteiger partial charge in [0.05, 0.1) is 0 Å². The van der Waals surface area contributed by atoms with Gasteiger partial charge in [0.1, 0.15) is 25.1 Å². The number of aromatic nitrogens is 1. The van der Waals surface area contributed by atoms with Crippen molar-refractivity contribution in [3.8, 4) is 0 Å². The fourth-order valence-corrected chi connectivity index (χ4v) is 6.84. The molecule has 3 heterocycles. The third kappa shape index (κ3) is 7.73. The van der Waals surface area contributed by atoms with Crippen molar-refractivity contribution >= 4 is 17.9 Å². The van der Waals surface area contributed by atoms with E-state index in [0.29, 0.717) is 11.8 Å². The molecule has 1 saturated heterocycles. The predicted molar refractivity (Wildman–Crippen MR) is 165 cm³/mol. The summed E-state index contributed by atoms with van der Waals surface area (Å²) in [7, 11) is 0. The van der Waals surface area contributed by atoms with Gasteiger partial charge in [-0.05, 0) is 79.0 Å². The Labute approximate surface area is 254 Å². The largest absolute Gasteiger partial charge is 0.459 e. The number of benzene rings is 2. The number of hydrogen-bond acceptors (Lipinski definition) is 7. The van der Waals surface area contributed by atoms with Gasteiger partial charge in [-0.2, -0.15) is 0 Å². The summed E-state index contributed by atoms with van der Waals surface area (Å²) in [5.41, 5.74) is 4.76. The molecule has 0 radical (unpaired) electrons. The molecule has 1 saturated carbocycles. The summed E-state index contributed by atoms with van der Waals surface area (Å²) < 4.78 is 11.0. The second kappa shape index (κ2) is 13.6. The van der Waals surface area contributed by atoms with Crippen molar-refractivity contribution in [3.05, 3.63) is 95.2 Å². The van der Waals surface area contributed by atoms with Crippen LogP contribution in [0.25, 0.3) is 0 Å². The Hall–Kier alpha value is -3.91. The van der Waals surface area contributed by atoms with E-state index in [9.17, 15) is 9.59 Å². The molecule has 226 valence electrons. The normalized spacial score (nSPS) is 18.0. The van der Waals surface area contributed by atoms with Crippen molar-refractivity contribution in [2.24, 2.45) is 11.3 Å². The Morgan fingerprint density at radius 1 is 0.953 bits per heavy atom. The number of esters is 1. The molecular formula is C35H42N4O4. The number of rotatable bonds is 12. The van der Waals surface area contributed by atoms with E-state index in [1.54, 1.807) is 0 Å². The average molecular weight is 583 g/mol. The maximum absolute atomic E-state index is 13.0. The molecule has 3 aromatic rings. The van der Waals surface area contributed by atoms with E-state index in [0.717, 1.165) is 61.9 Å². The molecule has 1 atom stereocenters. The standard InChI is InChI=1S/C35H42N4O4/c40-33(42-22-26-8-3-1-4-9-26)31(38-34(41)43-23-27-10-5-2-6-11-27)17-19-39-24-35(25-39)20-28(21-35)13-15-30-16-14-29-12-7-18-36-32(29)37-30/h1-6,8-11,14,16,28,31H,7,12-13,15,17-25H2,(H,36,37)(H,38,41)/t31-/m0/s1. The first kappa shape index (κ1) is 29.2. The van der Waals surface area contributed by atoms with Crippen LogP contribution < -0.4 is 10.6 Å². The molecule has 1 amide bonds. The molecule has 1 aromatic heterocycles. The summed E-state index contributed by atoms with van der Waals surface area (Å²) in [5.74, 6) is 1.41. The number of hydrogen-bond donors (Lipinski definition) is 2. The van der Waals surface area contributed by atoms with Gasteiger partial charge in [-0.1, -0.05) is 66.7 Å². The van der Waals surface area contributed by atoms with Gasteiger partial charge >= 0.3 is 12.1 Å². The number of likely N-dealkylation sites (tertiary alicyclic amines) is 1. The quantitative estimate of drug-likeness (QED) is 0.272. The van der Waals surface area contributed by atoms with Crippen molar-refractivity contribution in [3.63, 3.8) is 0 Å². The van der Waals surface area contributed by atoms with E-state index in [1.165, 1.54) is 36.9 Å². The van der Waals surface area contributed by atoms with Crippen LogP contribution in [0.5, 0.6) is 0 Å². The van der Waals surface area contributed by atoms with Crippen LogP contribution in [0, 0.1) is 11.3 Å². The molecule has 0 unspecified atom stereocenters. The summed E-state index contributed by atoms with van der Waals surface area (Å²) in [4.78, 5) is 32.9. The summed E-state index contributed by atoms with van der Waals surface area (Å²) in [5, 5.41) is 6.20. The summed E-state index contributed by atoms with van der Waals surface area (Å²) in [6.07, 6.45) is 6.93. The van der Waals surface area contributed by atoms with Crippen molar-refractivity contribution in [2.75, 3.05) is 31.5 Å². The Morgan fingerprint density at radius 2 is 1.65 bits per heavy atom. The summed E-state index contributed by atoms with van der Waals surface area (Å²) >= 11 is 0. The molecule has 2 aliphatic heterocycles. The predicted octanol–water partition coefficient (Wildman–Crippen LogP) is 5.51. The Balaban J connectivity index is 0.942. The number of amides is 1. The van der Waals surface area contributed by atoms with Gasteiger partial charge in [-0.15, -0.1) is 0 Å². The molecule has 6 rings (SSSR count). The highest BCUT2D eigenvalue weighted by Crippen LogP contribution is 2.53. The van der Waals surface area contributed by atoms with Crippen LogP contribution in [-0.4, -0.2) is 54.2 Å². The lowest BCUT2D eigenvalue weighted by atomic mass is 9.56. The average Bonchev–Trinajstić information content (AvgIpc) is 3.01. The van der Waals surface area contributed by atoms with Crippen molar-refractivity contribution in [2.45, 2.75) is 64.2 Å². The van der Waals surface area contributed by atoms with Crippen molar-refractivity contribution in [1.29, 1.82) is 0 Å². The fraction of sp³-hybridized carbons (Fsp3) is 0.457. The number of ether oxygens (including phenoxy) is 2. The highest BCUT2D eigenvalue weighted by atomic mass is 16.6. The smallest absolute Gasteiger partial charge is 0.408 e. The van der Waals surface area contributed by atoms with Gasteiger partial charge in [0.15, 0.2) is 0 Å². The molecule has 3 aliphatic rings. The van der Waals surface area contributed by atoms with Crippen LogP contribution >= 0.6 is 0 Å². The third-order valence-electron chi connectivity index (χ3n) is 9.07. The molecule has 1 spiro atoms. The van der Waals surface area contributed by atoms with Crippen LogP contribution in [0.15, 0.2) is 72.8 Å². The molecule has 1 aliphatic carbocycles. The van der Waals surface area contributed by atoms with E-state index in [-0.39, 0.29) is 13.2 Å². The van der Waals surface area contributed by atoms with E-state index in [2.05, 4.69) is 27.7 Å². The van der Waals surface area contributed by atoms with E-state index in [1.807, 2.05) is 60.7 Å². The zero-order valence-corrected chi connectivity index (χ0v) is 24.8. The zero-order valence-electron chi connectivity index (χ0n) is 24.8. The number of alkyl carbamates (subject to hydrolysis) is 1. The molecule has 2 fully saturated rings. The number of aryl methyl sites for hydroxylation is 2. The van der Waals surface area contributed by atoms with Gasteiger partial charge in [0, 0.05) is 31.9 Å². The molecule has 0 bridgehead atoms. The highest BCUT2D eigenvalue weighted by Gasteiger charge is 2.51. The lowest BCUT2D eigenvalue weighted by Crippen LogP contribution is -2.62. The minimum atomic E-state index is -0.767.